The number of rotatable bonds is 3. The van der Waals surface area contributed by atoms with Crippen LogP contribution >= 0.6 is 11.5 Å². The van der Waals surface area contributed by atoms with Gasteiger partial charge in [-0.1, -0.05) is 0 Å². The van der Waals surface area contributed by atoms with Gasteiger partial charge in [0.2, 0.25) is 0 Å². The zero-order valence-electron chi connectivity index (χ0n) is 9.10. The van der Waals surface area contributed by atoms with Crippen LogP contribution in [-0.4, -0.2) is 11.5 Å². The lowest BCUT2D eigenvalue weighted by atomic mass is 10.3. The summed E-state index contributed by atoms with van der Waals surface area (Å²) in [4.78, 5) is 0. The highest BCUT2D eigenvalue weighted by Crippen LogP contribution is 2.29. The standard InChI is InChI=1S/C11H10N4OS/c1-16-8-4-2-7(3-5-8)14-11-9(6-12)10(13)15-17-11/h2-5,14H,1H3,(H2,13,15). The van der Waals surface area contributed by atoms with Gasteiger partial charge >= 0.3 is 0 Å². The molecule has 0 saturated heterocycles. The summed E-state index contributed by atoms with van der Waals surface area (Å²) in [5, 5.41) is 12.7. The SMILES string of the molecule is COc1ccc(Nc2snc(N)c2C#N)cc1. The molecule has 0 aliphatic carbocycles. The first kappa shape index (κ1) is 11.2. The van der Waals surface area contributed by atoms with Crippen molar-refractivity contribution in [3.05, 3.63) is 29.8 Å². The predicted molar refractivity (Wildman–Crippen MR) is 67.5 cm³/mol. The molecule has 5 nitrogen and oxygen atoms in total. The molecule has 0 aliphatic rings. The van der Waals surface area contributed by atoms with Gasteiger partial charge in [0.1, 0.15) is 22.4 Å². The second-order valence-corrected chi connectivity index (χ2v) is 4.01. The lowest BCUT2D eigenvalue weighted by Crippen LogP contribution is -1.92. The van der Waals surface area contributed by atoms with Crippen molar-refractivity contribution in [3.8, 4) is 11.8 Å². The molecule has 0 atom stereocenters. The fourth-order valence-corrected chi connectivity index (χ4v) is 1.99. The van der Waals surface area contributed by atoms with Crippen molar-refractivity contribution in [1.29, 1.82) is 5.26 Å². The minimum atomic E-state index is 0.258. The van der Waals surface area contributed by atoms with Crippen molar-refractivity contribution in [2.75, 3.05) is 18.2 Å². The Labute approximate surface area is 103 Å². The first-order valence-electron chi connectivity index (χ1n) is 4.81. The Hall–Kier alpha value is -2.26. The number of hydrogen-bond donors (Lipinski definition) is 2. The van der Waals surface area contributed by atoms with E-state index in [-0.39, 0.29) is 5.82 Å². The van der Waals surface area contributed by atoms with Crippen LogP contribution in [0.25, 0.3) is 0 Å². The van der Waals surface area contributed by atoms with E-state index in [1.165, 1.54) is 11.5 Å². The summed E-state index contributed by atoms with van der Waals surface area (Å²) in [5.74, 6) is 1.04. The quantitative estimate of drug-likeness (QED) is 0.868. The van der Waals surface area contributed by atoms with Gasteiger partial charge in [-0.2, -0.15) is 9.64 Å². The zero-order valence-corrected chi connectivity index (χ0v) is 9.91. The Bertz CT molecular complexity index is 556. The number of nitrogen functional groups attached to an aromatic ring is 1. The molecule has 0 bridgehead atoms. The maximum absolute atomic E-state index is 8.93. The minimum absolute atomic E-state index is 0.258. The monoisotopic (exact) mass is 246 g/mol. The van der Waals surface area contributed by atoms with Crippen LogP contribution in [0.2, 0.25) is 0 Å². The van der Waals surface area contributed by atoms with Crippen molar-refractivity contribution in [1.82, 2.24) is 4.37 Å². The second-order valence-electron chi connectivity index (χ2n) is 3.24. The molecule has 1 heterocycles. The van der Waals surface area contributed by atoms with E-state index in [0.717, 1.165) is 11.4 Å². The Kier molecular flexibility index (Phi) is 3.12. The minimum Gasteiger partial charge on any atom is -0.497 e. The summed E-state index contributed by atoms with van der Waals surface area (Å²) >= 11 is 1.17. The summed E-state index contributed by atoms with van der Waals surface area (Å²) < 4.78 is 8.99. The highest BCUT2D eigenvalue weighted by Gasteiger charge is 2.10. The van der Waals surface area contributed by atoms with Crippen LogP contribution in [0.5, 0.6) is 5.75 Å². The lowest BCUT2D eigenvalue weighted by molar-refractivity contribution is 0.415. The van der Waals surface area contributed by atoms with Crippen LogP contribution < -0.4 is 15.8 Å². The predicted octanol–water partition coefficient (Wildman–Crippen LogP) is 2.35. The number of nitrogens with two attached hydrogens (primary N) is 1. The topological polar surface area (TPSA) is 84.0 Å². The van der Waals surface area contributed by atoms with E-state index in [1.807, 2.05) is 30.3 Å². The highest BCUT2D eigenvalue weighted by atomic mass is 32.1. The Morgan fingerprint density at radius 3 is 2.71 bits per heavy atom. The number of nitrogens with zero attached hydrogens (tertiary/aromatic N) is 2. The van der Waals surface area contributed by atoms with E-state index in [2.05, 4.69) is 9.69 Å². The van der Waals surface area contributed by atoms with E-state index >= 15 is 0 Å². The number of nitrogens with one attached hydrogen (secondary N) is 1. The molecule has 3 N–H and O–H groups in total. The third-order valence-corrected chi connectivity index (χ3v) is 2.95. The number of benzene rings is 1. The molecular weight excluding hydrogens is 236 g/mol. The maximum atomic E-state index is 8.93. The van der Waals surface area contributed by atoms with E-state index in [0.29, 0.717) is 10.6 Å². The number of hydrogen-bond acceptors (Lipinski definition) is 6. The van der Waals surface area contributed by atoms with Crippen LogP contribution in [0, 0.1) is 11.3 Å². The van der Waals surface area contributed by atoms with Crippen LogP contribution in [-0.2, 0) is 0 Å². The molecule has 0 aliphatic heterocycles. The average Bonchev–Trinajstić information content (AvgIpc) is 2.71. The third-order valence-electron chi connectivity index (χ3n) is 2.18. The van der Waals surface area contributed by atoms with Crippen LogP contribution in [0.15, 0.2) is 24.3 Å². The lowest BCUT2D eigenvalue weighted by Gasteiger charge is -2.04. The van der Waals surface area contributed by atoms with E-state index < -0.39 is 0 Å². The summed E-state index contributed by atoms with van der Waals surface area (Å²) in [5.41, 5.74) is 6.80. The second kappa shape index (κ2) is 4.72. The van der Waals surface area contributed by atoms with Gasteiger partial charge in [0.25, 0.3) is 0 Å². The summed E-state index contributed by atoms with van der Waals surface area (Å²) in [6.45, 7) is 0. The van der Waals surface area contributed by atoms with Gasteiger partial charge in [-0.15, -0.1) is 0 Å². The van der Waals surface area contributed by atoms with Gasteiger partial charge in [0.15, 0.2) is 5.82 Å². The number of aromatic nitrogens is 1. The summed E-state index contributed by atoms with van der Waals surface area (Å²) in [6, 6.07) is 9.40. The number of methoxy groups -OCH3 is 1. The third kappa shape index (κ3) is 2.29. The van der Waals surface area contributed by atoms with Crippen molar-refractivity contribution in [3.63, 3.8) is 0 Å². The van der Waals surface area contributed by atoms with Gasteiger partial charge < -0.3 is 15.8 Å². The van der Waals surface area contributed by atoms with E-state index in [9.17, 15) is 0 Å². The maximum Gasteiger partial charge on any atom is 0.157 e. The summed E-state index contributed by atoms with van der Waals surface area (Å²) in [7, 11) is 1.61. The van der Waals surface area contributed by atoms with Crippen molar-refractivity contribution in [2.45, 2.75) is 0 Å². The van der Waals surface area contributed by atoms with Crippen molar-refractivity contribution >= 4 is 28.0 Å². The average molecular weight is 246 g/mol. The largest absolute Gasteiger partial charge is 0.497 e. The highest BCUT2D eigenvalue weighted by molar-refractivity contribution is 7.10. The number of nitriles is 1. The van der Waals surface area contributed by atoms with Gasteiger partial charge in [0, 0.05) is 5.69 Å². The number of anilines is 3. The molecule has 86 valence electrons. The molecule has 1 aromatic carbocycles. The fourth-order valence-electron chi connectivity index (χ4n) is 1.30. The molecule has 0 saturated carbocycles. The molecule has 0 spiro atoms. The van der Waals surface area contributed by atoms with Gasteiger partial charge in [-0.05, 0) is 35.8 Å². The molecular formula is C11H10N4OS. The Balaban J connectivity index is 2.23. The molecule has 0 radical (unpaired) electrons. The molecule has 2 rings (SSSR count). The first-order chi connectivity index (χ1) is 8.24. The smallest absolute Gasteiger partial charge is 0.157 e. The van der Waals surface area contributed by atoms with Gasteiger partial charge in [-0.25, -0.2) is 0 Å². The fraction of sp³-hybridized carbons (Fsp3) is 0.0909. The van der Waals surface area contributed by atoms with Crippen LogP contribution in [0.3, 0.4) is 0 Å². The molecule has 2 aromatic rings. The van der Waals surface area contributed by atoms with Crippen LogP contribution in [0.4, 0.5) is 16.5 Å². The van der Waals surface area contributed by atoms with Crippen LogP contribution in [0.1, 0.15) is 5.56 Å². The molecule has 6 heteroatoms. The number of ether oxygens (including phenoxy) is 1. The first-order valence-corrected chi connectivity index (χ1v) is 5.58. The normalized spacial score (nSPS) is 9.65. The van der Waals surface area contributed by atoms with Crippen molar-refractivity contribution in [2.24, 2.45) is 0 Å². The molecule has 17 heavy (non-hydrogen) atoms. The van der Waals surface area contributed by atoms with E-state index in [1.54, 1.807) is 7.11 Å². The Morgan fingerprint density at radius 2 is 2.12 bits per heavy atom. The molecule has 0 amide bonds. The Morgan fingerprint density at radius 1 is 1.41 bits per heavy atom. The summed E-state index contributed by atoms with van der Waals surface area (Å²) in [6.07, 6.45) is 0. The molecule has 0 unspecified atom stereocenters. The van der Waals surface area contributed by atoms with Gasteiger partial charge in [-0.3, -0.25) is 0 Å². The molecule has 1 aromatic heterocycles. The van der Waals surface area contributed by atoms with Gasteiger partial charge in [0.05, 0.1) is 7.11 Å². The van der Waals surface area contributed by atoms with E-state index in [4.69, 9.17) is 15.7 Å². The molecule has 0 fully saturated rings. The van der Waals surface area contributed by atoms with Crippen molar-refractivity contribution < 1.29 is 4.74 Å². The zero-order chi connectivity index (χ0) is 12.3.